The molecule has 118 valence electrons. The number of benzene rings is 1. The number of nitrogens with one attached hydrogen (secondary N) is 1. The Morgan fingerprint density at radius 2 is 2.14 bits per heavy atom. The van der Waals surface area contributed by atoms with E-state index in [0.29, 0.717) is 24.3 Å². The van der Waals surface area contributed by atoms with Gasteiger partial charge in [0.1, 0.15) is 0 Å². The quantitative estimate of drug-likeness (QED) is 0.872. The summed E-state index contributed by atoms with van der Waals surface area (Å²) in [6.45, 7) is 4.76. The molecule has 22 heavy (non-hydrogen) atoms. The third-order valence-corrected chi connectivity index (χ3v) is 4.77. The van der Waals surface area contributed by atoms with Crippen LogP contribution in [0.5, 0.6) is 0 Å². The lowest BCUT2D eigenvalue weighted by Gasteiger charge is -2.29. The minimum atomic E-state index is -1.83. The van der Waals surface area contributed by atoms with E-state index in [9.17, 15) is 14.7 Å². The molecule has 1 amide bonds. The van der Waals surface area contributed by atoms with Crippen LogP contribution < -0.4 is 10.2 Å². The molecular formula is C16H19FN2O3. The first-order chi connectivity index (χ1) is 10.3. The summed E-state index contributed by atoms with van der Waals surface area (Å²) in [4.78, 5) is 25.3. The van der Waals surface area contributed by atoms with Crippen LogP contribution in [0.3, 0.4) is 0 Å². The zero-order chi connectivity index (χ0) is 16.1. The number of nitrogens with zero attached hydrogens (tertiary/aromatic N) is 1. The van der Waals surface area contributed by atoms with Gasteiger partial charge in [-0.2, -0.15) is 0 Å². The third-order valence-electron chi connectivity index (χ3n) is 4.77. The van der Waals surface area contributed by atoms with E-state index in [4.69, 9.17) is 0 Å². The number of aryl methyl sites for hydroxylation is 2. The van der Waals surface area contributed by atoms with Crippen LogP contribution >= 0.6 is 0 Å². The molecule has 1 aromatic carbocycles. The van der Waals surface area contributed by atoms with Crippen LogP contribution in [-0.4, -0.2) is 42.3 Å². The van der Waals surface area contributed by atoms with Gasteiger partial charge < -0.3 is 15.3 Å². The highest BCUT2D eigenvalue weighted by atomic mass is 19.1. The molecule has 3 rings (SSSR count). The van der Waals surface area contributed by atoms with E-state index >= 15 is 4.39 Å². The zero-order valence-corrected chi connectivity index (χ0v) is 12.6. The largest absolute Gasteiger partial charge is 0.478 e. The average molecular weight is 306 g/mol. The molecule has 0 aliphatic carbocycles. The maximum atomic E-state index is 15.0. The molecule has 2 aliphatic heterocycles. The lowest BCUT2D eigenvalue weighted by atomic mass is 9.86. The molecule has 2 saturated heterocycles. The van der Waals surface area contributed by atoms with Crippen molar-refractivity contribution in [3.05, 3.63) is 28.8 Å². The number of hydrogen-bond acceptors (Lipinski definition) is 3. The number of aromatic carboxylic acids is 1. The van der Waals surface area contributed by atoms with E-state index in [2.05, 4.69) is 5.32 Å². The Labute approximate surface area is 128 Å². The number of alkyl halides is 1. The monoisotopic (exact) mass is 306 g/mol. The molecule has 0 saturated carbocycles. The fourth-order valence-electron chi connectivity index (χ4n) is 3.50. The van der Waals surface area contributed by atoms with Crippen molar-refractivity contribution in [2.24, 2.45) is 5.92 Å². The fourth-order valence-corrected chi connectivity index (χ4v) is 3.50. The number of hydrogen-bond donors (Lipinski definition) is 2. The summed E-state index contributed by atoms with van der Waals surface area (Å²) in [5.74, 6) is -1.97. The van der Waals surface area contributed by atoms with Crippen LogP contribution in [0.25, 0.3) is 0 Å². The first kappa shape index (κ1) is 15.0. The molecular weight excluding hydrogens is 287 g/mol. The van der Waals surface area contributed by atoms with Crippen molar-refractivity contribution < 1.29 is 19.1 Å². The van der Waals surface area contributed by atoms with E-state index in [1.165, 1.54) is 11.0 Å². The Morgan fingerprint density at radius 1 is 1.41 bits per heavy atom. The lowest BCUT2D eigenvalue weighted by Crippen LogP contribution is -2.49. The summed E-state index contributed by atoms with van der Waals surface area (Å²) in [5, 5.41) is 12.4. The first-order valence-corrected chi connectivity index (χ1v) is 7.40. The lowest BCUT2D eigenvalue weighted by molar-refractivity contribution is -0.130. The van der Waals surface area contributed by atoms with Crippen molar-refractivity contribution in [1.29, 1.82) is 0 Å². The van der Waals surface area contributed by atoms with Crippen LogP contribution in [0, 0.1) is 19.8 Å². The summed E-state index contributed by atoms with van der Waals surface area (Å²) in [6, 6.07) is 3.22. The second-order valence-electron chi connectivity index (χ2n) is 6.19. The number of carboxylic acids is 1. The van der Waals surface area contributed by atoms with Gasteiger partial charge in [-0.05, 0) is 37.6 Å². The van der Waals surface area contributed by atoms with Crippen LogP contribution in [0.15, 0.2) is 12.1 Å². The van der Waals surface area contributed by atoms with Crippen molar-refractivity contribution in [3.63, 3.8) is 0 Å². The van der Waals surface area contributed by atoms with Crippen molar-refractivity contribution in [2.75, 3.05) is 24.5 Å². The number of carbonyl (C=O) groups excluding carboxylic acids is 1. The van der Waals surface area contributed by atoms with Crippen molar-refractivity contribution in [2.45, 2.75) is 25.9 Å². The minimum absolute atomic E-state index is 0.148. The van der Waals surface area contributed by atoms with Crippen molar-refractivity contribution in [3.8, 4) is 0 Å². The molecule has 2 atom stereocenters. The van der Waals surface area contributed by atoms with E-state index < -0.39 is 17.5 Å². The van der Waals surface area contributed by atoms with Gasteiger partial charge >= 0.3 is 5.97 Å². The van der Waals surface area contributed by atoms with E-state index in [1.54, 1.807) is 13.0 Å². The van der Waals surface area contributed by atoms with Gasteiger partial charge in [-0.15, -0.1) is 0 Å². The Bertz CT molecular complexity index is 661. The van der Waals surface area contributed by atoms with E-state index in [0.717, 1.165) is 5.56 Å². The molecule has 5 nitrogen and oxygen atoms in total. The molecule has 2 aliphatic rings. The Hall–Kier alpha value is -1.95. The topological polar surface area (TPSA) is 69.6 Å². The molecule has 0 aromatic heterocycles. The average Bonchev–Trinajstić information content (AvgIpc) is 2.71. The molecule has 2 N–H and O–H groups in total. The number of rotatable bonds is 2. The Kier molecular flexibility index (Phi) is 3.44. The highest BCUT2D eigenvalue weighted by Crippen LogP contribution is 2.40. The summed E-state index contributed by atoms with van der Waals surface area (Å²) < 4.78 is 15.0. The van der Waals surface area contributed by atoms with Crippen LogP contribution in [0.4, 0.5) is 10.1 Å². The van der Waals surface area contributed by atoms with Gasteiger partial charge in [0, 0.05) is 31.1 Å². The maximum absolute atomic E-state index is 15.0. The second-order valence-corrected chi connectivity index (χ2v) is 6.19. The number of amides is 1. The van der Waals surface area contributed by atoms with Gasteiger partial charge in [0.25, 0.3) is 5.91 Å². The molecule has 0 radical (unpaired) electrons. The summed E-state index contributed by atoms with van der Waals surface area (Å²) in [7, 11) is 0. The van der Waals surface area contributed by atoms with E-state index in [1.807, 2.05) is 6.92 Å². The van der Waals surface area contributed by atoms with Gasteiger partial charge in [-0.25, -0.2) is 9.18 Å². The molecule has 2 heterocycles. The number of anilines is 1. The molecule has 6 heteroatoms. The number of carboxylic acid groups (broad SMARTS) is 1. The second kappa shape index (κ2) is 5.05. The highest BCUT2D eigenvalue weighted by molar-refractivity contribution is 6.04. The van der Waals surface area contributed by atoms with Crippen LogP contribution in [-0.2, 0) is 4.79 Å². The Balaban J connectivity index is 2.03. The highest BCUT2D eigenvalue weighted by Gasteiger charge is 2.56. The van der Waals surface area contributed by atoms with Gasteiger partial charge in [-0.3, -0.25) is 4.79 Å². The van der Waals surface area contributed by atoms with Gasteiger partial charge in [0.05, 0.1) is 5.56 Å². The molecule has 2 unspecified atom stereocenters. The van der Waals surface area contributed by atoms with Gasteiger partial charge in [0.15, 0.2) is 5.67 Å². The normalized spacial score (nSPS) is 27.9. The maximum Gasteiger partial charge on any atom is 0.336 e. The fraction of sp³-hybridized carbons (Fsp3) is 0.500. The zero-order valence-electron chi connectivity index (χ0n) is 12.6. The van der Waals surface area contributed by atoms with Crippen molar-refractivity contribution in [1.82, 2.24) is 5.32 Å². The van der Waals surface area contributed by atoms with Crippen LogP contribution in [0.1, 0.15) is 27.9 Å². The summed E-state index contributed by atoms with van der Waals surface area (Å²) >= 11 is 0. The predicted octanol–water partition coefficient (Wildman–Crippen LogP) is 1.67. The minimum Gasteiger partial charge on any atom is -0.478 e. The predicted molar refractivity (Wildman–Crippen MR) is 80.0 cm³/mol. The van der Waals surface area contributed by atoms with Gasteiger partial charge in [-0.1, -0.05) is 6.07 Å². The van der Waals surface area contributed by atoms with Gasteiger partial charge in [0.2, 0.25) is 0 Å². The number of halogens is 1. The summed E-state index contributed by atoms with van der Waals surface area (Å²) in [6.07, 6.45) is 0.170. The smallest absolute Gasteiger partial charge is 0.336 e. The number of carbonyl (C=O) groups is 2. The standard InChI is InChI=1S/C16H19FN2O3/c1-9-5-10(2)13(6-12(9)14(20)21)19-8-11-7-18-4-3-16(11,17)15(19)22/h5-6,11,18H,3-4,7-8H2,1-2H3,(H,20,21). The molecule has 0 spiro atoms. The SMILES string of the molecule is Cc1cc(C)c(N2CC3CNCCC3(F)C2=O)cc1C(=O)O. The van der Waals surface area contributed by atoms with E-state index in [-0.39, 0.29) is 24.4 Å². The van der Waals surface area contributed by atoms with Crippen molar-refractivity contribution >= 4 is 17.6 Å². The number of piperidine rings is 1. The first-order valence-electron chi connectivity index (χ1n) is 7.40. The molecule has 0 bridgehead atoms. The van der Waals surface area contributed by atoms with Crippen LogP contribution in [0.2, 0.25) is 0 Å². The third kappa shape index (κ3) is 2.09. The molecule has 2 fully saturated rings. The number of fused-ring (bicyclic) bond motifs is 1. The molecule has 1 aromatic rings. The Morgan fingerprint density at radius 3 is 2.77 bits per heavy atom. The summed E-state index contributed by atoms with van der Waals surface area (Å²) in [5.41, 5.74) is 0.237.